The molecule has 0 saturated carbocycles. The Bertz CT molecular complexity index is 1350. The molecule has 0 radical (unpaired) electrons. The van der Waals surface area contributed by atoms with E-state index in [4.69, 9.17) is 15.2 Å². The number of rotatable bonds is 5. The summed E-state index contributed by atoms with van der Waals surface area (Å²) >= 11 is 0. The molecule has 0 aliphatic carbocycles. The van der Waals surface area contributed by atoms with E-state index in [9.17, 15) is 14.9 Å². The smallest absolute Gasteiger partial charge is 0.259 e. The van der Waals surface area contributed by atoms with Crippen molar-refractivity contribution in [2.45, 2.75) is 45.2 Å². The van der Waals surface area contributed by atoms with Crippen molar-refractivity contribution in [3.05, 3.63) is 69.0 Å². The van der Waals surface area contributed by atoms with Crippen molar-refractivity contribution in [3.63, 3.8) is 0 Å². The molecule has 4 heterocycles. The lowest BCUT2D eigenvalue weighted by molar-refractivity contribution is -0.121. The topological polar surface area (TPSA) is 114 Å². The van der Waals surface area contributed by atoms with Gasteiger partial charge < -0.3 is 24.7 Å². The molecular weight excluding hydrogens is 458 g/mol. The van der Waals surface area contributed by atoms with Crippen LogP contribution in [0.25, 0.3) is 0 Å². The molecule has 2 aromatic rings. The van der Waals surface area contributed by atoms with Crippen LogP contribution in [0.4, 0.5) is 5.69 Å². The van der Waals surface area contributed by atoms with Gasteiger partial charge in [0, 0.05) is 55.2 Å². The highest BCUT2D eigenvalue weighted by Crippen LogP contribution is 2.54. The Kier molecular flexibility index (Phi) is 6.10. The van der Waals surface area contributed by atoms with Crippen LogP contribution in [0.5, 0.6) is 5.75 Å². The van der Waals surface area contributed by atoms with E-state index in [0.717, 1.165) is 39.3 Å². The van der Waals surface area contributed by atoms with Crippen LogP contribution >= 0.6 is 0 Å². The quantitative estimate of drug-likeness (QED) is 0.683. The van der Waals surface area contributed by atoms with Crippen molar-refractivity contribution in [3.8, 4) is 11.8 Å². The predicted molar refractivity (Wildman–Crippen MR) is 135 cm³/mol. The molecule has 1 aromatic heterocycles. The first-order chi connectivity index (χ1) is 17.3. The van der Waals surface area contributed by atoms with Gasteiger partial charge in [0.1, 0.15) is 17.4 Å². The Morgan fingerprint density at radius 2 is 1.89 bits per heavy atom. The maximum absolute atomic E-state index is 14.3. The van der Waals surface area contributed by atoms with Gasteiger partial charge in [0.2, 0.25) is 11.8 Å². The zero-order valence-corrected chi connectivity index (χ0v) is 20.9. The van der Waals surface area contributed by atoms with Gasteiger partial charge in [0.15, 0.2) is 5.41 Å². The molecule has 1 saturated heterocycles. The van der Waals surface area contributed by atoms with Crippen LogP contribution in [0, 0.1) is 18.3 Å². The molecule has 5 rings (SSSR count). The molecule has 36 heavy (non-hydrogen) atoms. The normalized spacial score (nSPS) is 21.5. The number of aryl methyl sites for hydroxylation is 1. The number of nitriles is 1. The number of morpholine rings is 1. The number of fused-ring (bicyclic) bond motifs is 4. The number of carbonyl (C=O) groups excluding carboxylic acids is 1. The molecule has 9 heteroatoms. The van der Waals surface area contributed by atoms with E-state index < -0.39 is 5.41 Å². The molecular formula is C27H31N5O4. The summed E-state index contributed by atoms with van der Waals surface area (Å²) in [5.74, 6) is -0.279. The van der Waals surface area contributed by atoms with Crippen molar-refractivity contribution in [1.29, 1.82) is 5.26 Å². The van der Waals surface area contributed by atoms with Gasteiger partial charge in [-0.25, -0.2) is 0 Å². The van der Waals surface area contributed by atoms with Crippen molar-refractivity contribution >= 4 is 11.6 Å². The number of pyridine rings is 1. The summed E-state index contributed by atoms with van der Waals surface area (Å²) in [5.41, 5.74) is 6.33. The number of anilines is 1. The second-order valence-electron chi connectivity index (χ2n) is 9.78. The first-order valence-electron chi connectivity index (χ1n) is 12.4. The molecule has 3 aliphatic rings. The summed E-state index contributed by atoms with van der Waals surface area (Å²) in [6.45, 7) is 10.2. The second kappa shape index (κ2) is 9.12. The summed E-state index contributed by atoms with van der Waals surface area (Å²) < 4.78 is 12.9. The molecule has 2 N–H and O–H groups in total. The zero-order valence-electron chi connectivity index (χ0n) is 20.9. The van der Waals surface area contributed by atoms with Gasteiger partial charge >= 0.3 is 0 Å². The second-order valence-corrected chi connectivity index (χ2v) is 9.78. The van der Waals surface area contributed by atoms with Crippen molar-refractivity contribution in [2.75, 3.05) is 37.7 Å². The Morgan fingerprint density at radius 3 is 2.58 bits per heavy atom. The number of ether oxygens (including phenoxy) is 2. The maximum atomic E-state index is 14.3. The van der Waals surface area contributed by atoms with Gasteiger partial charge in [0.25, 0.3) is 5.56 Å². The Balaban J connectivity index is 1.67. The van der Waals surface area contributed by atoms with Gasteiger partial charge in [-0.2, -0.15) is 5.26 Å². The molecule has 188 valence electrons. The molecule has 1 amide bonds. The fourth-order valence-electron chi connectivity index (χ4n) is 5.74. The molecule has 1 atom stereocenters. The van der Waals surface area contributed by atoms with Crippen molar-refractivity contribution in [2.24, 2.45) is 5.73 Å². The molecule has 3 aliphatic heterocycles. The minimum absolute atomic E-state index is 0.0450. The monoisotopic (exact) mass is 489 g/mol. The first kappa shape index (κ1) is 24.1. The SMILES string of the molecule is Cc1cc2c(c(=O)n1CCCN1CCOCC1)C1(C(=O)N(C(C)C)c3ccccc31)C(C#N)=C(N)O2. The Hall–Kier alpha value is -3.61. The number of benzene rings is 1. The molecule has 1 aromatic carbocycles. The van der Waals surface area contributed by atoms with E-state index in [2.05, 4.69) is 11.0 Å². The highest BCUT2D eigenvalue weighted by Gasteiger charge is 2.61. The number of nitrogens with zero attached hydrogens (tertiary/aromatic N) is 4. The summed E-state index contributed by atoms with van der Waals surface area (Å²) in [6.07, 6.45) is 0.763. The van der Waals surface area contributed by atoms with Crippen LogP contribution in [-0.4, -0.2) is 54.3 Å². The summed E-state index contributed by atoms with van der Waals surface area (Å²) in [4.78, 5) is 32.4. The third-order valence-electron chi connectivity index (χ3n) is 7.38. The molecule has 9 nitrogen and oxygen atoms in total. The predicted octanol–water partition coefficient (Wildman–Crippen LogP) is 2.01. The standard InChI is InChI=1S/C27H31N5O4/c1-17(2)32-21-8-5-4-7-19(21)27(26(32)34)20(16-28)24(29)36-22-15-18(3)31(25(33)23(22)27)10-6-9-30-11-13-35-14-12-30/h4-5,7-8,15,17H,6,9-14,29H2,1-3H3. The van der Waals surface area contributed by atoms with Crippen LogP contribution in [-0.2, 0) is 21.5 Å². The summed E-state index contributed by atoms with van der Waals surface area (Å²) in [5, 5.41) is 10.2. The number of nitrogens with two attached hydrogens (primary N) is 1. The van der Waals surface area contributed by atoms with Crippen LogP contribution in [0.3, 0.4) is 0 Å². The summed E-state index contributed by atoms with van der Waals surface area (Å²) in [6, 6.07) is 11.0. The lowest BCUT2D eigenvalue weighted by atomic mass is 9.69. The van der Waals surface area contributed by atoms with E-state index in [1.165, 1.54) is 0 Å². The minimum atomic E-state index is -1.65. The van der Waals surface area contributed by atoms with E-state index in [1.807, 2.05) is 39.0 Å². The van der Waals surface area contributed by atoms with Gasteiger partial charge in [0.05, 0.1) is 18.8 Å². The molecule has 0 bridgehead atoms. The van der Waals surface area contributed by atoms with Gasteiger partial charge in [-0.05, 0) is 33.3 Å². The average Bonchev–Trinajstić information content (AvgIpc) is 3.10. The molecule has 1 spiro atoms. The lowest BCUT2D eigenvalue weighted by Crippen LogP contribution is -2.51. The highest BCUT2D eigenvalue weighted by molar-refractivity contribution is 6.14. The zero-order chi connectivity index (χ0) is 25.6. The third kappa shape index (κ3) is 3.44. The van der Waals surface area contributed by atoms with E-state index in [1.54, 1.807) is 21.6 Å². The summed E-state index contributed by atoms with van der Waals surface area (Å²) in [7, 11) is 0. The number of hydrogen-bond donors (Lipinski definition) is 1. The maximum Gasteiger partial charge on any atom is 0.259 e. The average molecular weight is 490 g/mol. The van der Waals surface area contributed by atoms with Gasteiger partial charge in [-0.1, -0.05) is 18.2 Å². The van der Waals surface area contributed by atoms with Crippen LogP contribution in [0.15, 0.2) is 46.6 Å². The van der Waals surface area contributed by atoms with Gasteiger partial charge in [-0.3, -0.25) is 14.5 Å². The highest BCUT2D eigenvalue weighted by atomic mass is 16.5. The number of carbonyl (C=O) groups is 1. The van der Waals surface area contributed by atoms with Crippen LogP contribution in [0.2, 0.25) is 0 Å². The van der Waals surface area contributed by atoms with E-state index in [-0.39, 0.29) is 40.3 Å². The van der Waals surface area contributed by atoms with Gasteiger partial charge in [-0.15, -0.1) is 0 Å². The van der Waals surface area contributed by atoms with Crippen molar-refractivity contribution in [1.82, 2.24) is 9.47 Å². The lowest BCUT2D eigenvalue weighted by Gasteiger charge is -2.35. The molecule has 1 fully saturated rings. The largest absolute Gasteiger partial charge is 0.440 e. The number of amides is 1. The van der Waals surface area contributed by atoms with E-state index in [0.29, 0.717) is 23.5 Å². The Morgan fingerprint density at radius 1 is 1.17 bits per heavy atom. The molecule has 1 unspecified atom stereocenters. The van der Waals surface area contributed by atoms with E-state index >= 15 is 0 Å². The minimum Gasteiger partial charge on any atom is -0.440 e. The van der Waals surface area contributed by atoms with Crippen molar-refractivity contribution < 1.29 is 14.3 Å². The fraction of sp³-hybridized carbons (Fsp3) is 0.444. The fourth-order valence-corrected chi connectivity index (χ4v) is 5.74. The Labute approximate surface area is 210 Å². The number of para-hydroxylation sites is 1. The van der Waals surface area contributed by atoms with Crippen LogP contribution in [0.1, 0.15) is 37.1 Å². The number of aromatic nitrogens is 1. The third-order valence-corrected chi connectivity index (χ3v) is 7.38. The number of hydrogen-bond acceptors (Lipinski definition) is 7. The first-order valence-corrected chi connectivity index (χ1v) is 12.4. The van der Waals surface area contributed by atoms with Crippen LogP contribution < -0.4 is 20.9 Å².